The molecule has 4 rings (SSSR count). The van der Waals surface area contributed by atoms with Crippen LogP contribution in [-0.4, -0.2) is 37.3 Å². The standard InChI is InChI=1S/C22H23N5/c1-17(15-19-11-6-7-12-23-19)26(2)16-20-21(18-9-4-3-5-10-18)25-22-24-13-8-14-27(20)22/h3-14,17H,15-16H2,1-2H3/t17-/m1/s1. The molecule has 136 valence electrons. The lowest BCUT2D eigenvalue weighted by atomic mass is 10.1. The van der Waals surface area contributed by atoms with Crippen molar-refractivity contribution in [3.05, 3.63) is 84.6 Å². The van der Waals surface area contributed by atoms with Gasteiger partial charge in [0.2, 0.25) is 5.78 Å². The number of likely N-dealkylation sites (N-methyl/N-ethyl adjacent to an activating group) is 1. The lowest BCUT2D eigenvalue weighted by Crippen LogP contribution is -2.31. The normalized spacial score (nSPS) is 12.6. The maximum absolute atomic E-state index is 4.79. The zero-order valence-electron chi connectivity index (χ0n) is 15.7. The third-order valence-corrected chi connectivity index (χ3v) is 4.93. The second-order valence-electron chi connectivity index (χ2n) is 6.85. The summed E-state index contributed by atoms with van der Waals surface area (Å²) in [6.07, 6.45) is 6.58. The van der Waals surface area contributed by atoms with Gasteiger partial charge in [-0.25, -0.2) is 9.97 Å². The van der Waals surface area contributed by atoms with E-state index < -0.39 is 0 Å². The van der Waals surface area contributed by atoms with Crippen LogP contribution in [0, 0.1) is 0 Å². The largest absolute Gasteiger partial charge is 0.297 e. The average molecular weight is 357 g/mol. The number of fused-ring (bicyclic) bond motifs is 1. The third-order valence-electron chi connectivity index (χ3n) is 4.93. The van der Waals surface area contributed by atoms with Crippen molar-refractivity contribution in [3.8, 4) is 11.3 Å². The quantitative estimate of drug-likeness (QED) is 0.526. The van der Waals surface area contributed by atoms with Crippen LogP contribution in [-0.2, 0) is 13.0 Å². The van der Waals surface area contributed by atoms with Gasteiger partial charge in [-0.15, -0.1) is 0 Å². The summed E-state index contributed by atoms with van der Waals surface area (Å²) in [6.45, 7) is 3.02. The van der Waals surface area contributed by atoms with E-state index in [0.717, 1.165) is 41.4 Å². The predicted molar refractivity (Wildman–Crippen MR) is 107 cm³/mol. The third kappa shape index (κ3) is 3.73. The van der Waals surface area contributed by atoms with Crippen molar-refractivity contribution in [1.29, 1.82) is 0 Å². The molecule has 5 heteroatoms. The van der Waals surface area contributed by atoms with Crippen LogP contribution in [0.2, 0.25) is 0 Å². The molecule has 27 heavy (non-hydrogen) atoms. The van der Waals surface area contributed by atoms with Crippen molar-refractivity contribution >= 4 is 5.78 Å². The van der Waals surface area contributed by atoms with Crippen LogP contribution in [0.4, 0.5) is 0 Å². The number of pyridine rings is 1. The Morgan fingerprint density at radius 3 is 2.52 bits per heavy atom. The molecule has 0 spiro atoms. The maximum atomic E-state index is 4.79. The first-order valence-electron chi connectivity index (χ1n) is 9.20. The molecule has 1 atom stereocenters. The summed E-state index contributed by atoms with van der Waals surface area (Å²) >= 11 is 0. The van der Waals surface area contributed by atoms with Gasteiger partial charge in [-0.3, -0.25) is 14.3 Å². The summed E-state index contributed by atoms with van der Waals surface area (Å²) in [6, 6.07) is 18.7. The van der Waals surface area contributed by atoms with Crippen LogP contribution in [0.1, 0.15) is 18.3 Å². The van der Waals surface area contributed by atoms with Gasteiger partial charge in [-0.2, -0.15) is 0 Å². The van der Waals surface area contributed by atoms with Crippen LogP contribution in [0.15, 0.2) is 73.2 Å². The van der Waals surface area contributed by atoms with E-state index in [2.05, 4.69) is 51.4 Å². The molecule has 3 aromatic heterocycles. The molecular weight excluding hydrogens is 334 g/mol. The second-order valence-corrected chi connectivity index (χ2v) is 6.85. The maximum Gasteiger partial charge on any atom is 0.234 e. The van der Waals surface area contributed by atoms with Gasteiger partial charge in [0, 0.05) is 48.9 Å². The average Bonchev–Trinajstić information content (AvgIpc) is 3.08. The van der Waals surface area contributed by atoms with Crippen LogP contribution in [0.5, 0.6) is 0 Å². The van der Waals surface area contributed by atoms with Gasteiger partial charge < -0.3 is 0 Å². The van der Waals surface area contributed by atoms with E-state index in [1.165, 1.54) is 0 Å². The smallest absolute Gasteiger partial charge is 0.234 e. The molecule has 0 radical (unpaired) electrons. The van der Waals surface area contributed by atoms with E-state index >= 15 is 0 Å². The molecule has 0 amide bonds. The van der Waals surface area contributed by atoms with E-state index in [1.54, 1.807) is 6.20 Å². The molecule has 0 bridgehead atoms. The van der Waals surface area contributed by atoms with Gasteiger partial charge in [0.25, 0.3) is 0 Å². The molecule has 0 fully saturated rings. The number of hydrogen-bond donors (Lipinski definition) is 0. The Hall–Kier alpha value is -3.05. The van der Waals surface area contributed by atoms with Crippen molar-refractivity contribution in [2.45, 2.75) is 25.9 Å². The van der Waals surface area contributed by atoms with Crippen LogP contribution in [0.3, 0.4) is 0 Å². The van der Waals surface area contributed by atoms with Gasteiger partial charge in [0.1, 0.15) is 0 Å². The molecule has 5 nitrogen and oxygen atoms in total. The molecule has 0 aliphatic rings. The minimum atomic E-state index is 0.353. The van der Waals surface area contributed by atoms with Crippen molar-refractivity contribution < 1.29 is 0 Å². The molecule has 0 saturated heterocycles. The number of benzene rings is 1. The highest BCUT2D eigenvalue weighted by atomic mass is 15.2. The first kappa shape index (κ1) is 17.4. The number of hydrogen-bond acceptors (Lipinski definition) is 4. The second kappa shape index (κ2) is 7.68. The van der Waals surface area contributed by atoms with Gasteiger partial charge >= 0.3 is 0 Å². The highest BCUT2D eigenvalue weighted by Gasteiger charge is 2.19. The van der Waals surface area contributed by atoms with Crippen molar-refractivity contribution in [2.24, 2.45) is 0 Å². The SMILES string of the molecule is C[C@H](Cc1ccccn1)N(C)Cc1c(-c2ccccc2)nc2ncccn12. The van der Waals surface area contributed by atoms with Gasteiger partial charge in [-0.05, 0) is 32.2 Å². The van der Waals surface area contributed by atoms with Crippen LogP contribution in [0.25, 0.3) is 17.0 Å². The monoisotopic (exact) mass is 357 g/mol. The topological polar surface area (TPSA) is 46.3 Å². The predicted octanol–water partition coefficient (Wildman–Crippen LogP) is 3.85. The minimum absolute atomic E-state index is 0.353. The van der Waals surface area contributed by atoms with E-state index in [0.29, 0.717) is 6.04 Å². The molecule has 1 aromatic carbocycles. The van der Waals surface area contributed by atoms with Crippen molar-refractivity contribution in [3.63, 3.8) is 0 Å². The van der Waals surface area contributed by atoms with Crippen LogP contribution < -0.4 is 0 Å². The van der Waals surface area contributed by atoms with Gasteiger partial charge in [0.05, 0.1) is 11.4 Å². The Bertz CT molecular complexity index is 1010. The highest BCUT2D eigenvalue weighted by molar-refractivity contribution is 5.65. The Labute approximate surface area is 159 Å². The lowest BCUT2D eigenvalue weighted by Gasteiger charge is -2.24. The summed E-state index contributed by atoms with van der Waals surface area (Å²) in [5.74, 6) is 0.733. The number of nitrogens with zero attached hydrogens (tertiary/aromatic N) is 5. The summed E-state index contributed by atoms with van der Waals surface area (Å²) < 4.78 is 2.09. The molecule has 0 aliphatic carbocycles. The molecule has 0 N–H and O–H groups in total. The number of aromatic nitrogens is 4. The van der Waals surface area contributed by atoms with E-state index in [9.17, 15) is 0 Å². The fourth-order valence-corrected chi connectivity index (χ4v) is 3.28. The summed E-state index contributed by atoms with van der Waals surface area (Å²) in [5, 5.41) is 0. The molecule has 0 unspecified atom stereocenters. The van der Waals surface area contributed by atoms with Crippen molar-refractivity contribution in [2.75, 3.05) is 7.05 Å². The number of imidazole rings is 1. The Kier molecular flexibility index (Phi) is 4.94. The molecular formula is C22H23N5. The fourth-order valence-electron chi connectivity index (χ4n) is 3.28. The highest BCUT2D eigenvalue weighted by Crippen LogP contribution is 2.25. The van der Waals surface area contributed by atoms with Crippen LogP contribution >= 0.6 is 0 Å². The minimum Gasteiger partial charge on any atom is -0.297 e. The van der Waals surface area contributed by atoms with Crippen molar-refractivity contribution in [1.82, 2.24) is 24.3 Å². The first-order chi connectivity index (χ1) is 13.2. The Morgan fingerprint density at radius 2 is 1.74 bits per heavy atom. The zero-order valence-corrected chi connectivity index (χ0v) is 15.7. The molecule has 4 aromatic rings. The Morgan fingerprint density at radius 1 is 0.963 bits per heavy atom. The lowest BCUT2D eigenvalue weighted by molar-refractivity contribution is 0.244. The fraction of sp³-hybridized carbons (Fsp3) is 0.227. The zero-order chi connectivity index (χ0) is 18.6. The number of rotatable bonds is 6. The summed E-state index contributed by atoms with van der Waals surface area (Å²) in [4.78, 5) is 16.0. The van der Waals surface area contributed by atoms with E-state index in [1.807, 2.05) is 48.8 Å². The summed E-state index contributed by atoms with van der Waals surface area (Å²) in [5.41, 5.74) is 4.37. The Balaban J connectivity index is 1.64. The molecule has 0 saturated carbocycles. The first-order valence-corrected chi connectivity index (χ1v) is 9.20. The van der Waals surface area contributed by atoms with E-state index in [4.69, 9.17) is 4.98 Å². The van der Waals surface area contributed by atoms with Gasteiger partial charge in [0.15, 0.2) is 0 Å². The molecule has 0 aliphatic heterocycles. The van der Waals surface area contributed by atoms with E-state index in [-0.39, 0.29) is 0 Å². The van der Waals surface area contributed by atoms with Gasteiger partial charge in [-0.1, -0.05) is 36.4 Å². The molecule has 3 heterocycles. The summed E-state index contributed by atoms with van der Waals surface area (Å²) in [7, 11) is 2.15.